The third-order valence-electron chi connectivity index (χ3n) is 2.66. The summed E-state index contributed by atoms with van der Waals surface area (Å²) >= 11 is 0. The molecule has 0 atom stereocenters. The molecule has 0 aliphatic carbocycles. The number of nitrogen functional groups attached to an aromatic ring is 1. The van der Waals surface area contributed by atoms with Gasteiger partial charge in [0.15, 0.2) is 5.69 Å². The average Bonchev–Trinajstić information content (AvgIpc) is 2.75. The number of aromatic nitrogens is 2. The van der Waals surface area contributed by atoms with Crippen LogP contribution in [0.15, 0.2) is 0 Å². The van der Waals surface area contributed by atoms with Crippen molar-refractivity contribution in [1.82, 2.24) is 15.1 Å². The van der Waals surface area contributed by atoms with Gasteiger partial charge in [0, 0.05) is 6.54 Å². The quantitative estimate of drug-likeness (QED) is 0.730. The second-order valence-electron chi connectivity index (χ2n) is 3.71. The third-order valence-corrected chi connectivity index (χ3v) is 2.66. The van der Waals surface area contributed by atoms with Crippen LogP contribution in [-0.2, 0) is 16.0 Å². The molecule has 1 heterocycles. The maximum Gasteiger partial charge on any atom is 0.325 e. The number of amides is 1. The van der Waals surface area contributed by atoms with E-state index < -0.39 is 5.97 Å². The molecule has 1 rings (SSSR count). The molecule has 0 fully saturated rings. The van der Waals surface area contributed by atoms with Crippen LogP contribution in [0.3, 0.4) is 0 Å². The zero-order valence-corrected chi connectivity index (χ0v) is 10.8. The monoisotopic (exact) mass is 254 g/mol. The molecular weight excluding hydrogens is 236 g/mol. The van der Waals surface area contributed by atoms with Crippen molar-refractivity contribution in [3.05, 3.63) is 11.4 Å². The number of anilines is 1. The van der Waals surface area contributed by atoms with Crippen LogP contribution in [0, 0.1) is 0 Å². The second kappa shape index (κ2) is 6.04. The maximum absolute atomic E-state index is 12.1. The summed E-state index contributed by atoms with van der Waals surface area (Å²) < 4.78 is 4.53. The number of nitrogens with one attached hydrogen (secondary N) is 1. The van der Waals surface area contributed by atoms with Crippen LogP contribution < -0.4 is 5.73 Å². The number of aromatic amines is 1. The largest absolute Gasteiger partial charge is 0.468 e. The molecule has 0 spiro atoms. The first kappa shape index (κ1) is 14.0. The number of nitrogens with zero attached hydrogens (tertiary/aromatic N) is 2. The molecule has 100 valence electrons. The molecule has 0 aliphatic heterocycles. The number of hydrogen-bond donors (Lipinski definition) is 2. The lowest BCUT2D eigenvalue weighted by Crippen LogP contribution is -2.36. The van der Waals surface area contributed by atoms with E-state index in [9.17, 15) is 9.59 Å². The van der Waals surface area contributed by atoms with Gasteiger partial charge in [-0.1, -0.05) is 6.92 Å². The van der Waals surface area contributed by atoms with Gasteiger partial charge in [0.2, 0.25) is 0 Å². The van der Waals surface area contributed by atoms with Crippen molar-refractivity contribution in [3.8, 4) is 0 Å². The van der Waals surface area contributed by atoms with Crippen LogP contribution in [0.5, 0.6) is 0 Å². The Labute approximate surface area is 105 Å². The molecular formula is C11H18N4O3. The molecule has 0 radical (unpaired) electrons. The summed E-state index contributed by atoms with van der Waals surface area (Å²) in [5.41, 5.74) is 7.02. The van der Waals surface area contributed by atoms with Crippen molar-refractivity contribution in [2.45, 2.75) is 20.3 Å². The summed E-state index contributed by atoms with van der Waals surface area (Å²) in [4.78, 5) is 24.7. The van der Waals surface area contributed by atoms with Gasteiger partial charge in [-0.3, -0.25) is 14.7 Å². The number of rotatable bonds is 5. The molecule has 1 amide bonds. The van der Waals surface area contributed by atoms with Crippen LogP contribution in [0.4, 0.5) is 5.69 Å². The number of carbonyl (C=O) groups is 2. The average molecular weight is 254 g/mol. The Bertz CT molecular complexity index is 441. The predicted molar refractivity (Wildman–Crippen MR) is 66.0 cm³/mol. The smallest absolute Gasteiger partial charge is 0.325 e. The molecule has 0 aliphatic rings. The van der Waals surface area contributed by atoms with Crippen LogP contribution in [0.1, 0.15) is 30.0 Å². The number of carbonyl (C=O) groups excluding carboxylic acids is 2. The molecule has 1 aromatic heterocycles. The summed E-state index contributed by atoms with van der Waals surface area (Å²) in [7, 11) is 1.28. The van der Waals surface area contributed by atoms with E-state index in [0.29, 0.717) is 24.3 Å². The standard InChI is InChI=1S/C11H18N4O3/c1-4-7-9(12)10(14-13-7)11(17)15(5-2)6-8(16)18-3/h4-6,12H2,1-3H3,(H,13,14). The van der Waals surface area contributed by atoms with Crippen LogP contribution in [0.2, 0.25) is 0 Å². The molecule has 0 saturated heterocycles. The molecule has 0 unspecified atom stereocenters. The van der Waals surface area contributed by atoms with E-state index in [1.54, 1.807) is 6.92 Å². The lowest BCUT2D eigenvalue weighted by Gasteiger charge is -2.18. The van der Waals surface area contributed by atoms with Gasteiger partial charge < -0.3 is 15.4 Å². The zero-order chi connectivity index (χ0) is 13.7. The third kappa shape index (κ3) is 2.79. The van der Waals surface area contributed by atoms with Crippen LogP contribution in [-0.4, -0.2) is 47.2 Å². The Hall–Kier alpha value is -2.05. The van der Waals surface area contributed by atoms with Crippen LogP contribution in [0.25, 0.3) is 0 Å². The molecule has 7 nitrogen and oxygen atoms in total. The minimum absolute atomic E-state index is 0.112. The summed E-state index contributed by atoms with van der Waals surface area (Å²) in [6.07, 6.45) is 0.662. The number of nitrogens with two attached hydrogens (primary N) is 1. The first-order chi connectivity index (χ1) is 8.54. The minimum Gasteiger partial charge on any atom is -0.468 e. The maximum atomic E-state index is 12.1. The molecule has 18 heavy (non-hydrogen) atoms. The van der Waals surface area contributed by atoms with E-state index >= 15 is 0 Å². The molecule has 3 N–H and O–H groups in total. The summed E-state index contributed by atoms with van der Waals surface area (Å²) in [5, 5.41) is 6.61. The van der Waals surface area contributed by atoms with E-state index in [4.69, 9.17) is 5.73 Å². The molecule has 0 saturated carbocycles. The van der Waals surface area contributed by atoms with Gasteiger partial charge in [-0.15, -0.1) is 0 Å². The van der Waals surface area contributed by atoms with Gasteiger partial charge in [0.1, 0.15) is 6.54 Å². The molecule has 0 bridgehead atoms. The first-order valence-electron chi connectivity index (χ1n) is 5.73. The summed E-state index contributed by atoms with van der Waals surface area (Å²) in [6, 6.07) is 0. The van der Waals surface area contributed by atoms with Gasteiger partial charge in [-0.05, 0) is 13.3 Å². The molecule has 7 heteroatoms. The number of methoxy groups -OCH3 is 1. The van der Waals surface area contributed by atoms with Crippen LogP contribution >= 0.6 is 0 Å². The highest BCUT2D eigenvalue weighted by Crippen LogP contribution is 2.16. The highest BCUT2D eigenvalue weighted by molar-refractivity contribution is 5.99. The van der Waals surface area contributed by atoms with Crippen molar-refractivity contribution in [2.24, 2.45) is 0 Å². The fourth-order valence-corrected chi connectivity index (χ4v) is 1.52. The Balaban J connectivity index is 2.89. The van der Waals surface area contributed by atoms with Crippen molar-refractivity contribution in [2.75, 3.05) is 25.9 Å². The van der Waals surface area contributed by atoms with Crippen molar-refractivity contribution in [3.63, 3.8) is 0 Å². The van der Waals surface area contributed by atoms with Crippen molar-refractivity contribution < 1.29 is 14.3 Å². The Morgan fingerprint density at radius 1 is 1.44 bits per heavy atom. The molecule has 0 aromatic carbocycles. The summed E-state index contributed by atoms with van der Waals surface area (Å²) in [5.74, 6) is -0.855. The van der Waals surface area contributed by atoms with E-state index in [1.165, 1.54) is 12.0 Å². The number of ether oxygens (including phenoxy) is 1. The van der Waals surface area contributed by atoms with Gasteiger partial charge in [-0.2, -0.15) is 5.10 Å². The Kier molecular flexibility index (Phi) is 4.70. The Morgan fingerprint density at radius 3 is 2.56 bits per heavy atom. The lowest BCUT2D eigenvalue weighted by molar-refractivity contribution is -0.141. The highest BCUT2D eigenvalue weighted by atomic mass is 16.5. The number of aryl methyl sites for hydroxylation is 1. The lowest BCUT2D eigenvalue weighted by atomic mass is 10.2. The van der Waals surface area contributed by atoms with Gasteiger partial charge in [-0.25, -0.2) is 0 Å². The van der Waals surface area contributed by atoms with Crippen molar-refractivity contribution in [1.29, 1.82) is 0 Å². The van der Waals surface area contributed by atoms with Gasteiger partial charge in [0.25, 0.3) is 5.91 Å². The predicted octanol–water partition coefficient (Wildman–Crippen LogP) is 0.189. The number of H-pyrrole nitrogens is 1. The second-order valence-corrected chi connectivity index (χ2v) is 3.71. The molecule has 1 aromatic rings. The van der Waals surface area contributed by atoms with E-state index in [1.807, 2.05) is 6.92 Å². The number of likely N-dealkylation sites (N-methyl/N-ethyl adjacent to an activating group) is 1. The van der Waals surface area contributed by atoms with E-state index in [2.05, 4.69) is 14.9 Å². The SMILES string of the molecule is CCc1[nH]nc(C(=O)N(CC)CC(=O)OC)c1N. The number of hydrogen-bond acceptors (Lipinski definition) is 5. The topological polar surface area (TPSA) is 101 Å². The fourth-order valence-electron chi connectivity index (χ4n) is 1.52. The van der Waals surface area contributed by atoms with E-state index in [-0.39, 0.29) is 18.1 Å². The normalized spacial score (nSPS) is 10.2. The van der Waals surface area contributed by atoms with Gasteiger partial charge in [0.05, 0.1) is 18.5 Å². The summed E-state index contributed by atoms with van der Waals surface area (Å²) in [6.45, 7) is 3.94. The number of esters is 1. The minimum atomic E-state index is -0.477. The fraction of sp³-hybridized carbons (Fsp3) is 0.545. The first-order valence-corrected chi connectivity index (χ1v) is 5.73. The highest BCUT2D eigenvalue weighted by Gasteiger charge is 2.23. The van der Waals surface area contributed by atoms with E-state index in [0.717, 1.165) is 0 Å². The van der Waals surface area contributed by atoms with Gasteiger partial charge >= 0.3 is 5.97 Å². The zero-order valence-electron chi connectivity index (χ0n) is 10.8. The Morgan fingerprint density at radius 2 is 2.11 bits per heavy atom. The van der Waals surface area contributed by atoms with Crippen molar-refractivity contribution >= 4 is 17.6 Å².